The smallest absolute Gasteiger partial charge is 0.253 e. The van der Waals surface area contributed by atoms with Crippen LogP contribution in [0.25, 0.3) is 11.3 Å². The highest BCUT2D eigenvalue weighted by atomic mass is 32.1. The number of pyridine rings is 1. The molecule has 0 bridgehead atoms. The summed E-state index contributed by atoms with van der Waals surface area (Å²) in [7, 11) is 1.67. The number of carbonyl (C=O) groups is 1. The van der Waals surface area contributed by atoms with Crippen LogP contribution in [-0.2, 0) is 4.74 Å². The van der Waals surface area contributed by atoms with E-state index in [1.807, 2.05) is 35.9 Å². The van der Waals surface area contributed by atoms with Crippen LogP contribution in [0.5, 0.6) is 0 Å². The van der Waals surface area contributed by atoms with E-state index in [1.54, 1.807) is 18.4 Å². The molecular weight excluding hydrogens is 298 g/mol. The van der Waals surface area contributed by atoms with Crippen molar-refractivity contribution in [3.05, 3.63) is 40.2 Å². The summed E-state index contributed by atoms with van der Waals surface area (Å²) in [5.74, 6) is -0.0876. The zero-order valence-electron chi connectivity index (χ0n) is 12.9. The average Bonchev–Trinajstić information content (AvgIpc) is 3.04. The van der Waals surface area contributed by atoms with Crippen molar-refractivity contribution in [3.63, 3.8) is 0 Å². The molecule has 0 aromatic carbocycles. The summed E-state index contributed by atoms with van der Waals surface area (Å²) in [5.41, 5.74) is 3.35. The van der Waals surface area contributed by atoms with Crippen LogP contribution in [0.2, 0.25) is 0 Å². The standard InChI is InChI=1S/C16H21N3O2S/c1-12-14(16(20)18-7-6-17-8-9-21-2)3-4-15(19-12)13-5-10-22-11-13/h3-5,10-11,17H,6-9H2,1-2H3,(H,18,20). The van der Waals surface area contributed by atoms with Gasteiger partial charge in [-0.2, -0.15) is 11.3 Å². The lowest BCUT2D eigenvalue weighted by Crippen LogP contribution is -2.33. The Labute approximate surface area is 134 Å². The first kappa shape index (κ1) is 16.6. The number of ether oxygens (including phenoxy) is 1. The third-order valence-electron chi connectivity index (χ3n) is 3.22. The Kier molecular flexibility index (Phi) is 6.51. The minimum Gasteiger partial charge on any atom is -0.383 e. The lowest BCUT2D eigenvalue weighted by molar-refractivity contribution is 0.0952. The quantitative estimate of drug-likeness (QED) is 0.731. The highest BCUT2D eigenvalue weighted by Gasteiger charge is 2.11. The van der Waals surface area contributed by atoms with Gasteiger partial charge in [-0.05, 0) is 30.5 Å². The molecule has 0 radical (unpaired) electrons. The van der Waals surface area contributed by atoms with E-state index in [-0.39, 0.29) is 5.91 Å². The largest absolute Gasteiger partial charge is 0.383 e. The van der Waals surface area contributed by atoms with Crippen molar-refractivity contribution in [1.82, 2.24) is 15.6 Å². The van der Waals surface area contributed by atoms with Gasteiger partial charge in [-0.25, -0.2) is 0 Å². The van der Waals surface area contributed by atoms with E-state index in [1.165, 1.54) is 0 Å². The van der Waals surface area contributed by atoms with E-state index in [4.69, 9.17) is 4.74 Å². The number of thiophene rings is 1. The van der Waals surface area contributed by atoms with Gasteiger partial charge in [0.25, 0.3) is 5.91 Å². The average molecular weight is 319 g/mol. The summed E-state index contributed by atoms with van der Waals surface area (Å²) in [5, 5.41) is 10.1. The number of carbonyl (C=O) groups excluding carboxylic acids is 1. The monoisotopic (exact) mass is 319 g/mol. The van der Waals surface area contributed by atoms with E-state index < -0.39 is 0 Å². The van der Waals surface area contributed by atoms with E-state index in [9.17, 15) is 4.79 Å². The number of rotatable bonds is 8. The second kappa shape index (κ2) is 8.63. The second-order valence-electron chi connectivity index (χ2n) is 4.84. The molecule has 0 saturated carbocycles. The predicted octanol–water partition coefficient (Wildman–Crippen LogP) is 2.08. The molecule has 2 aromatic rings. The third kappa shape index (κ3) is 4.62. The number of hydrogen-bond donors (Lipinski definition) is 2. The Bertz CT molecular complexity index is 599. The zero-order valence-corrected chi connectivity index (χ0v) is 13.7. The summed E-state index contributed by atoms with van der Waals surface area (Å²) in [6.07, 6.45) is 0. The molecule has 2 N–H and O–H groups in total. The van der Waals surface area contributed by atoms with Gasteiger partial charge in [0, 0.05) is 37.7 Å². The molecular formula is C16H21N3O2S. The van der Waals surface area contributed by atoms with Crippen molar-refractivity contribution in [2.24, 2.45) is 0 Å². The number of aromatic nitrogens is 1. The Balaban J connectivity index is 1.88. The molecule has 22 heavy (non-hydrogen) atoms. The van der Waals surface area contributed by atoms with Crippen molar-refractivity contribution in [2.45, 2.75) is 6.92 Å². The molecule has 0 aliphatic carbocycles. The van der Waals surface area contributed by atoms with Crippen molar-refractivity contribution in [2.75, 3.05) is 33.4 Å². The first-order chi connectivity index (χ1) is 10.7. The molecule has 2 aromatic heterocycles. The van der Waals surface area contributed by atoms with Gasteiger partial charge in [0.05, 0.1) is 23.6 Å². The molecule has 0 aliphatic heterocycles. The molecule has 1 amide bonds. The first-order valence-corrected chi connectivity index (χ1v) is 8.14. The highest BCUT2D eigenvalue weighted by molar-refractivity contribution is 7.08. The molecule has 6 heteroatoms. The van der Waals surface area contributed by atoms with Crippen LogP contribution in [0.15, 0.2) is 29.0 Å². The molecule has 2 rings (SSSR count). The van der Waals surface area contributed by atoms with Gasteiger partial charge in [0.2, 0.25) is 0 Å². The number of aryl methyl sites for hydroxylation is 1. The van der Waals surface area contributed by atoms with Crippen LogP contribution in [0, 0.1) is 6.92 Å². The van der Waals surface area contributed by atoms with E-state index in [2.05, 4.69) is 15.6 Å². The van der Waals surface area contributed by atoms with Gasteiger partial charge >= 0.3 is 0 Å². The van der Waals surface area contributed by atoms with Crippen molar-refractivity contribution >= 4 is 17.2 Å². The summed E-state index contributed by atoms with van der Waals surface area (Å²) < 4.78 is 4.94. The topological polar surface area (TPSA) is 63.2 Å². The Hall–Kier alpha value is -1.76. The zero-order chi connectivity index (χ0) is 15.8. The van der Waals surface area contributed by atoms with Crippen molar-refractivity contribution in [1.29, 1.82) is 0 Å². The lowest BCUT2D eigenvalue weighted by atomic mass is 10.1. The van der Waals surface area contributed by atoms with E-state index in [0.717, 1.165) is 23.5 Å². The summed E-state index contributed by atoms with van der Waals surface area (Å²) in [6, 6.07) is 5.75. The minimum atomic E-state index is -0.0876. The molecule has 0 saturated heterocycles. The van der Waals surface area contributed by atoms with E-state index >= 15 is 0 Å². The SMILES string of the molecule is COCCNCCNC(=O)c1ccc(-c2ccsc2)nc1C. The maximum absolute atomic E-state index is 12.2. The maximum atomic E-state index is 12.2. The number of methoxy groups -OCH3 is 1. The fraction of sp³-hybridized carbons (Fsp3) is 0.375. The van der Waals surface area contributed by atoms with Gasteiger partial charge in [0.1, 0.15) is 0 Å². The van der Waals surface area contributed by atoms with E-state index in [0.29, 0.717) is 25.3 Å². The fourth-order valence-corrected chi connectivity index (χ4v) is 2.68. The van der Waals surface area contributed by atoms with Crippen molar-refractivity contribution < 1.29 is 9.53 Å². The Morgan fingerprint density at radius 1 is 1.27 bits per heavy atom. The van der Waals surface area contributed by atoms with Crippen LogP contribution in [-0.4, -0.2) is 44.2 Å². The molecule has 2 heterocycles. The van der Waals surface area contributed by atoms with Gasteiger partial charge in [-0.3, -0.25) is 9.78 Å². The molecule has 5 nitrogen and oxygen atoms in total. The van der Waals surface area contributed by atoms with Crippen LogP contribution >= 0.6 is 11.3 Å². The lowest BCUT2D eigenvalue weighted by Gasteiger charge is -2.09. The number of amides is 1. The Morgan fingerprint density at radius 2 is 2.14 bits per heavy atom. The number of nitrogens with one attached hydrogen (secondary N) is 2. The van der Waals surface area contributed by atoms with Gasteiger partial charge in [0.15, 0.2) is 0 Å². The predicted molar refractivity (Wildman–Crippen MR) is 89.4 cm³/mol. The summed E-state index contributed by atoms with van der Waals surface area (Å²) in [4.78, 5) is 16.7. The molecule has 0 fully saturated rings. The van der Waals surface area contributed by atoms with Gasteiger partial charge in [-0.15, -0.1) is 0 Å². The molecule has 0 unspecified atom stereocenters. The van der Waals surface area contributed by atoms with Gasteiger partial charge < -0.3 is 15.4 Å². The summed E-state index contributed by atoms with van der Waals surface area (Å²) >= 11 is 1.63. The molecule has 118 valence electrons. The second-order valence-corrected chi connectivity index (χ2v) is 5.62. The molecule has 0 atom stereocenters. The van der Waals surface area contributed by atoms with Crippen molar-refractivity contribution in [3.8, 4) is 11.3 Å². The molecule has 0 aliphatic rings. The number of hydrogen-bond acceptors (Lipinski definition) is 5. The normalized spacial score (nSPS) is 10.6. The first-order valence-electron chi connectivity index (χ1n) is 7.20. The number of nitrogens with zero attached hydrogens (tertiary/aromatic N) is 1. The summed E-state index contributed by atoms with van der Waals surface area (Å²) in [6.45, 7) is 4.60. The van der Waals surface area contributed by atoms with Crippen LogP contribution < -0.4 is 10.6 Å². The minimum absolute atomic E-state index is 0.0876. The maximum Gasteiger partial charge on any atom is 0.253 e. The van der Waals surface area contributed by atoms with Crippen LogP contribution in [0.3, 0.4) is 0 Å². The Morgan fingerprint density at radius 3 is 2.82 bits per heavy atom. The third-order valence-corrected chi connectivity index (χ3v) is 3.90. The molecule has 0 spiro atoms. The van der Waals surface area contributed by atoms with Crippen LogP contribution in [0.1, 0.15) is 16.1 Å². The van der Waals surface area contributed by atoms with Crippen LogP contribution in [0.4, 0.5) is 0 Å². The highest BCUT2D eigenvalue weighted by Crippen LogP contribution is 2.21. The van der Waals surface area contributed by atoms with Gasteiger partial charge in [-0.1, -0.05) is 0 Å². The fourth-order valence-electron chi connectivity index (χ4n) is 2.03.